The van der Waals surface area contributed by atoms with Gasteiger partial charge in [-0.15, -0.1) is 15.3 Å². The van der Waals surface area contributed by atoms with E-state index in [0.717, 1.165) is 31.5 Å². The van der Waals surface area contributed by atoms with Crippen molar-refractivity contribution >= 4 is 22.9 Å². The van der Waals surface area contributed by atoms with E-state index in [1.807, 2.05) is 0 Å². The molecule has 1 aliphatic carbocycles. The van der Waals surface area contributed by atoms with Crippen molar-refractivity contribution in [2.24, 2.45) is 0 Å². The van der Waals surface area contributed by atoms with E-state index in [0.29, 0.717) is 28.3 Å². The number of methoxy groups -OCH3 is 1. The maximum Gasteiger partial charge on any atom is 0.311 e. The van der Waals surface area contributed by atoms with Gasteiger partial charge in [0.1, 0.15) is 11.5 Å². The highest BCUT2D eigenvalue weighted by Crippen LogP contribution is 2.31. The number of carbonyl (C=O) groups excluding carboxylic acids is 1. The topological polar surface area (TPSA) is 100 Å². The van der Waals surface area contributed by atoms with Crippen LogP contribution in [0.15, 0.2) is 24.3 Å². The van der Waals surface area contributed by atoms with Gasteiger partial charge in [0.2, 0.25) is 0 Å². The van der Waals surface area contributed by atoms with Crippen LogP contribution in [0.5, 0.6) is 0 Å². The van der Waals surface area contributed by atoms with Crippen molar-refractivity contribution in [1.29, 1.82) is 0 Å². The van der Waals surface area contributed by atoms with E-state index in [1.165, 1.54) is 30.3 Å². The summed E-state index contributed by atoms with van der Waals surface area (Å²) in [7, 11) is 1.31. The van der Waals surface area contributed by atoms with Gasteiger partial charge >= 0.3 is 5.97 Å². The summed E-state index contributed by atoms with van der Waals surface area (Å²) in [6, 6.07) is 6.04. The predicted molar refractivity (Wildman–Crippen MR) is 105 cm³/mol. The first kappa shape index (κ1) is 18.6. The summed E-state index contributed by atoms with van der Waals surface area (Å²) < 4.78 is 21.8. The summed E-state index contributed by atoms with van der Waals surface area (Å²) in [4.78, 5) is 16.5. The first-order valence-electron chi connectivity index (χ1n) is 9.98. The van der Waals surface area contributed by atoms with Gasteiger partial charge in [-0.1, -0.05) is 25.3 Å². The molecule has 1 saturated carbocycles. The SMILES string of the molecule is COC(=O)Cc1nn(-c2cccc(F)c2)c2c1nnc1nc(C3CCCCC3)nn12. The Kier molecular flexibility index (Phi) is 4.61. The predicted octanol–water partition coefficient (Wildman–Crippen LogP) is 2.76. The third-order valence-electron chi connectivity index (χ3n) is 5.52. The Morgan fingerprint density at radius 1 is 1.20 bits per heavy atom. The average molecular weight is 409 g/mol. The molecule has 0 spiro atoms. The number of carbonyl (C=O) groups is 1. The number of benzene rings is 1. The van der Waals surface area contributed by atoms with Crippen LogP contribution in [0.4, 0.5) is 4.39 Å². The van der Waals surface area contributed by atoms with Crippen LogP contribution in [0.25, 0.3) is 22.6 Å². The Morgan fingerprint density at radius 3 is 2.80 bits per heavy atom. The van der Waals surface area contributed by atoms with E-state index in [1.54, 1.807) is 16.6 Å². The van der Waals surface area contributed by atoms with Gasteiger partial charge in [-0.05, 0) is 31.0 Å². The lowest BCUT2D eigenvalue weighted by molar-refractivity contribution is -0.139. The number of nitrogens with zero attached hydrogens (tertiary/aromatic N) is 7. The van der Waals surface area contributed by atoms with Gasteiger partial charge in [0.05, 0.1) is 19.2 Å². The highest BCUT2D eigenvalue weighted by molar-refractivity contribution is 5.82. The third kappa shape index (κ3) is 3.17. The second-order valence-electron chi connectivity index (χ2n) is 7.48. The number of hydrogen-bond acceptors (Lipinski definition) is 7. The zero-order valence-corrected chi connectivity index (χ0v) is 16.5. The molecule has 10 heteroatoms. The molecule has 154 valence electrons. The lowest BCUT2D eigenvalue weighted by Gasteiger charge is -2.17. The van der Waals surface area contributed by atoms with Gasteiger partial charge in [0.15, 0.2) is 17.0 Å². The molecule has 4 aromatic rings. The smallest absolute Gasteiger partial charge is 0.311 e. The molecule has 0 atom stereocenters. The first-order chi connectivity index (χ1) is 14.6. The van der Waals surface area contributed by atoms with Crippen LogP contribution in [-0.4, -0.2) is 47.7 Å². The quantitative estimate of drug-likeness (QED) is 0.478. The van der Waals surface area contributed by atoms with Gasteiger partial charge < -0.3 is 4.74 Å². The van der Waals surface area contributed by atoms with Crippen LogP contribution in [0.1, 0.15) is 49.5 Å². The number of halogens is 1. The third-order valence-corrected chi connectivity index (χ3v) is 5.52. The average Bonchev–Trinajstić information content (AvgIpc) is 3.36. The van der Waals surface area contributed by atoms with Crippen LogP contribution in [0.2, 0.25) is 0 Å². The molecule has 0 bridgehead atoms. The molecule has 0 N–H and O–H groups in total. The summed E-state index contributed by atoms with van der Waals surface area (Å²) in [5, 5.41) is 17.7. The minimum Gasteiger partial charge on any atom is -0.469 e. The second kappa shape index (κ2) is 7.43. The Labute approximate surface area is 170 Å². The van der Waals surface area contributed by atoms with Crippen molar-refractivity contribution in [3.05, 3.63) is 41.6 Å². The van der Waals surface area contributed by atoms with Gasteiger partial charge in [0, 0.05) is 5.92 Å². The summed E-state index contributed by atoms with van der Waals surface area (Å²) >= 11 is 0. The summed E-state index contributed by atoms with van der Waals surface area (Å²) in [6.45, 7) is 0. The highest BCUT2D eigenvalue weighted by atomic mass is 19.1. The lowest BCUT2D eigenvalue weighted by atomic mass is 9.89. The minimum atomic E-state index is -0.454. The molecule has 0 radical (unpaired) electrons. The molecule has 1 aliphatic rings. The van der Waals surface area contributed by atoms with Gasteiger partial charge in [-0.3, -0.25) is 4.79 Å². The van der Waals surface area contributed by atoms with E-state index >= 15 is 0 Å². The van der Waals surface area contributed by atoms with E-state index < -0.39 is 11.8 Å². The van der Waals surface area contributed by atoms with Crippen molar-refractivity contribution in [2.75, 3.05) is 7.11 Å². The molecule has 0 amide bonds. The van der Waals surface area contributed by atoms with E-state index in [4.69, 9.17) is 9.84 Å². The van der Waals surface area contributed by atoms with Crippen LogP contribution in [0, 0.1) is 5.82 Å². The number of ether oxygens (including phenoxy) is 1. The molecule has 1 aromatic carbocycles. The van der Waals surface area contributed by atoms with E-state index in [-0.39, 0.29) is 12.3 Å². The van der Waals surface area contributed by atoms with Crippen molar-refractivity contribution in [2.45, 2.75) is 44.4 Å². The minimum absolute atomic E-state index is 0.0836. The van der Waals surface area contributed by atoms with Crippen LogP contribution in [-0.2, 0) is 16.0 Å². The maximum absolute atomic E-state index is 13.9. The monoisotopic (exact) mass is 409 g/mol. The second-order valence-corrected chi connectivity index (χ2v) is 7.48. The molecule has 1 fully saturated rings. The lowest BCUT2D eigenvalue weighted by Crippen LogP contribution is -2.07. The van der Waals surface area contributed by atoms with Crippen molar-refractivity contribution < 1.29 is 13.9 Å². The molecule has 0 saturated heterocycles. The van der Waals surface area contributed by atoms with E-state index in [2.05, 4.69) is 20.3 Å². The van der Waals surface area contributed by atoms with Crippen molar-refractivity contribution in [3.8, 4) is 5.69 Å². The first-order valence-corrected chi connectivity index (χ1v) is 9.98. The number of rotatable bonds is 4. The number of fused-ring (bicyclic) bond motifs is 3. The molecule has 9 nitrogen and oxygen atoms in total. The van der Waals surface area contributed by atoms with Crippen LogP contribution in [0.3, 0.4) is 0 Å². The molecule has 5 rings (SSSR count). The van der Waals surface area contributed by atoms with Gasteiger partial charge in [-0.2, -0.15) is 14.6 Å². The fourth-order valence-corrected chi connectivity index (χ4v) is 4.01. The Morgan fingerprint density at radius 2 is 2.03 bits per heavy atom. The Hall–Kier alpha value is -3.43. The number of aromatic nitrogens is 7. The Balaban J connectivity index is 1.73. The molecule has 0 aliphatic heterocycles. The molecule has 0 unspecified atom stereocenters. The fraction of sp³-hybridized carbons (Fsp3) is 0.400. The summed E-state index contributed by atoms with van der Waals surface area (Å²) in [6.07, 6.45) is 5.56. The fourth-order valence-electron chi connectivity index (χ4n) is 4.01. The van der Waals surface area contributed by atoms with Crippen LogP contribution >= 0.6 is 0 Å². The largest absolute Gasteiger partial charge is 0.469 e. The maximum atomic E-state index is 13.9. The summed E-state index contributed by atoms with van der Waals surface area (Å²) in [5.74, 6) is 0.522. The van der Waals surface area contributed by atoms with Crippen molar-refractivity contribution in [3.63, 3.8) is 0 Å². The molecular formula is C20H20FN7O2. The molecule has 3 heterocycles. The summed E-state index contributed by atoms with van der Waals surface area (Å²) in [5.41, 5.74) is 1.75. The molecular weight excluding hydrogens is 389 g/mol. The zero-order valence-electron chi connectivity index (χ0n) is 16.5. The van der Waals surface area contributed by atoms with Gasteiger partial charge in [-0.25, -0.2) is 9.07 Å². The van der Waals surface area contributed by atoms with E-state index in [9.17, 15) is 9.18 Å². The number of hydrogen-bond donors (Lipinski definition) is 0. The van der Waals surface area contributed by atoms with Crippen molar-refractivity contribution in [1.82, 2.24) is 34.6 Å². The molecule has 30 heavy (non-hydrogen) atoms. The van der Waals surface area contributed by atoms with Crippen LogP contribution < -0.4 is 0 Å². The zero-order chi connectivity index (χ0) is 20.7. The van der Waals surface area contributed by atoms with Gasteiger partial charge in [0.25, 0.3) is 5.78 Å². The highest BCUT2D eigenvalue weighted by Gasteiger charge is 2.25. The normalized spacial score (nSPS) is 15.1. The molecule has 3 aromatic heterocycles. The Bertz CT molecular complexity index is 1240. The standard InChI is InChI=1S/C20H20FN7O2/c1-30-16(29)11-15-17-19(27(25-15)14-9-5-8-13(21)10-14)28-20(24-23-17)22-18(26-28)12-6-3-2-4-7-12/h5,8-10,12H,2-4,6-7,11H2,1H3. The number of esters is 1.